The molecule has 1 atom stereocenters. The summed E-state index contributed by atoms with van der Waals surface area (Å²) in [6.45, 7) is 0.954. The van der Waals surface area contributed by atoms with Gasteiger partial charge in [0.05, 0.1) is 18.5 Å². The Kier molecular flexibility index (Phi) is 4.74. The van der Waals surface area contributed by atoms with Crippen molar-refractivity contribution < 1.29 is 32.2 Å². The Morgan fingerprint density at radius 2 is 2.04 bits per heavy atom. The number of pyridine rings is 1. The van der Waals surface area contributed by atoms with Gasteiger partial charge in [0.2, 0.25) is 18.6 Å². The van der Waals surface area contributed by atoms with Crippen LogP contribution in [-0.4, -0.2) is 41.8 Å². The quantitative estimate of drug-likeness (QED) is 0.798. The van der Waals surface area contributed by atoms with Gasteiger partial charge in [-0.05, 0) is 23.8 Å². The Labute approximate surface area is 158 Å². The maximum atomic E-state index is 12.8. The minimum atomic E-state index is -4.46. The smallest absolute Gasteiger partial charge is 0.416 e. The molecule has 1 amide bonds. The summed E-state index contributed by atoms with van der Waals surface area (Å²) in [6.07, 6.45) is -3.05. The van der Waals surface area contributed by atoms with Gasteiger partial charge in [-0.1, -0.05) is 6.07 Å². The van der Waals surface area contributed by atoms with Gasteiger partial charge >= 0.3 is 6.18 Å². The van der Waals surface area contributed by atoms with E-state index in [0.717, 1.165) is 23.9 Å². The van der Waals surface area contributed by atoms with Crippen LogP contribution in [-0.2, 0) is 17.4 Å². The number of halogens is 3. The van der Waals surface area contributed by atoms with E-state index in [-0.39, 0.29) is 25.0 Å². The summed E-state index contributed by atoms with van der Waals surface area (Å²) in [6, 6.07) is 7.11. The van der Waals surface area contributed by atoms with Crippen molar-refractivity contribution in [3.8, 4) is 17.4 Å². The number of ether oxygens (including phenoxy) is 3. The number of alkyl halides is 3. The van der Waals surface area contributed by atoms with Crippen LogP contribution in [0, 0.1) is 0 Å². The van der Waals surface area contributed by atoms with Crippen molar-refractivity contribution >= 4 is 5.91 Å². The molecule has 28 heavy (non-hydrogen) atoms. The zero-order valence-electron chi connectivity index (χ0n) is 14.7. The lowest BCUT2D eigenvalue weighted by Crippen LogP contribution is -2.32. The molecule has 1 saturated heterocycles. The predicted octanol–water partition coefficient (Wildman–Crippen LogP) is 3.05. The average Bonchev–Trinajstić information content (AvgIpc) is 3.30. The number of carbonyl (C=O) groups is 1. The van der Waals surface area contributed by atoms with Gasteiger partial charge in [0.15, 0.2) is 11.5 Å². The van der Waals surface area contributed by atoms with Crippen LogP contribution in [0.5, 0.6) is 17.4 Å². The number of aromatic nitrogens is 1. The topological polar surface area (TPSA) is 60.9 Å². The number of rotatable bonds is 4. The molecule has 1 aromatic heterocycles. The van der Waals surface area contributed by atoms with E-state index in [9.17, 15) is 18.0 Å². The van der Waals surface area contributed by atoms with Gasteiger partial charge < -0.3 is 19.1 Å². The molecular weight excluding hydrogens is 377 g/mol. The molecule has 9 heteroatoms. The summed E-state index contributed by atoms with van der Waals surface area (Å²) in [5.74, 6) is 1.09. The third-order valence-corrected chi connectivity index (χ3v) is 4.64. The van der Waals surface area contributed by atoms with E-state index in [1.54, 1.807) is 17.0 Å². The maximum absolute atomic E-state index is 12.8. The Morgan fingerprint density at radius 1 is 1.21 bits per heavy atom. The Balaban J connectivity index is 1.34. The number of carbonyl (C=O) groups excluding carboxylic acids is 1. The summed E-state index contributed by atoms with van der Waals surface area (Å²) in [5, 5.41) is 0. The summed E-state index contributed by atoms with van der Waals surface area (Å²) < 4.78 is 54.5. The Hall–Kier alpha value is -2.97. The molecule has 2 aromatic rings. The zero-order valence-corrected chi connectivity index (χ0v) is 14.7. The number of benzene rings is 1. The van der Waals surface area contributed by atoms with E-state index >= 15 is 0 Å². The summed E-state index contributed by atoms with van der Waals surface area (Å²) in [5.41, 5.74) is -0.00981. The second-order valence-corrected chi connectivity index (χ2v) is 6.61. The van der Waals surface area contributed by atoms with Gasteiger partial charge in [-0.3, -0.25) is 4.79 Å². The minimum Gasteiger partial charge on any atom is -0.472 e. The maximum Gasteiger partial charge on any atom is 0.416 e. The van der Waals surface area contributed by atoms with Crippen molar-refractivity contribution in [1.29, 1.82) is 0 Å². The molecule has 0 N–H and O–H groups in total. The van der Waals surface area contributed by atoms with Crippen molar-refractivity contribution in [1.82, 2.24) is 9.88 Å². The molecule has 0 spiro atoms. The highest BCUT2D eigenvalue weighted by molar-refractivity contribution is 5.79. The van der Waals surface area contributed by atoms with Crippen LogP contribution in [0.2, 0.25) is 0 Å². The lowest BCUT2D eigenvalue weighted by atomic mass is 10.1. The second-order valence-electron chi connectivity index (χ2n) is 6.61. The van der Waals surface area contributed by atoms with Crippen molar-refractivity contribution in [2.75, 3.05) is 19.9 Å². The van der Waals surface area contributed by atoms with E-state index in [4.69, 9.17) is 14.2 Å². The predicted molar refractivity (Wildman–Crippen MR) is 91.1 cm³/mol. The third-order valence-electron chi connectivity index (χ3n) is 4.64. The van der Waals surface area contributed by atoms with Gasteiger partial charge in [0, 0.05) is 25.2 Å². The van der Waals surface area contributed by atoms with Crippen LogP contribution in [0.4, 0.5) is 13.2 Å². The van der Waals surface area contributed by atoms with Crippen LogP contribution in [0.25, 0.3) is 0 Å². The molecule has 2 aliphatic heterocycles. The van der Waals surface area contributed by atoms with Crippen molar-refractivity contribution in [2.45, 2.75) is 25.1 Å². The number of hydrogen-bond donors (Lipinski definition) is 0. The molecule has 0 saturated carbocycles. The first-order chi connectivity index (χ1) is 13.4. The second kappa shape index (κ2) is 7.21. The molecule has 1 fully saturated rings. The van der Waals surface area contributed by atoms with Crippen LogP contribution in [0.1, 0.15) is 17.5 Å². The molecule has 4 rings (SSSR count). The number of amides is 1. The van der Waals surface area contributed by atoms with Gasteiger partial charge in [-0.15, -0.1) is 0 Å². The molecule has 2 aliphatic rings. The minimum absolute atomic E-state index is 0.0815. The molecule has 148 valence electrons. The monoisotopic (exact) mass is 394 g/mol. The first kappa shape index (κ1) is 18.4. The Bertz CT molecular complexity index is 888. The fourth-order valence-corrected chi connectivity index (χ4v) is 3.21. The van der Waals surface area contributed by atoms with Crippen LogP contribution in [0.15, 0.2) is 36.5 Å². The van der Waals surface area contributed by atoms with Crippen molar-refractivity contribution in [2.24, 2.45) is 0 Å². The summed E-state index contributed by atoms with van der Waals surface area (Å²) in [4.78, 5) is 18.0. The van der Waals surface area contributed by atoms with Gasteiger partial charge in [-0.2, -0.15) is 13.2 Å². The van der Waals surface area contributed by atoms with Crippen LogP contribution < -0.4 is 14.2 Å². The summed E-state index contributed by atoms with van der Waals surface area (Å²) >= 11 is 0. The van der Waals surface area contributed by atoms with E-state index in [1.807, 2.05) is 6.07 Å². The largest absolute Gasteiger partial charge is 0.472 e. The highest BCUT2D eigenvalue weighted by Crippen LogP contribution is 2.33. The SMILES string of the molecule is O=C(Cc1ccc2c(c1)OCO2)N1CCC(Oc2cc(C(F)(F)F)ccn2)C1. The fourth-order valence-electron chi connectivity index (χ4n) is 3.21. The normalized spacial score (nSPS) is 18.4. The molecule has 1 aromatic carbocycles. The average molecular weight is 394 g/mol. The third kappa shape index (κ3) is 3.97. The Morgan fingerprint density at radius 3 is 2.86 bits per heavy atom. The fraction of sp³-hybridized carbons (Fsp3) is 0.368. The molecule has 3 heterocycles. The highest BCUT2D eigenvalue weighted by atomic mass is 19.4. The zero-order chi connectivity index (χ0) is 19.7. The number of likely N-dealkylation sites (tertiary alicyclic amines) is 1. The van der Waals surface area contributed by atoms with E-state index in [2.05, 4.69) is 4.98 Å². The molecule has 0 bridgehead atoms. The lowest BCUT2D eigenvalue weighted by molar-refractivity contribution is -0.137. The van der Waals surface area contributed by atoms with Crippen LogP contribution in [0.3, 0.4) is 0 Å². The highest BCUT2D eigenvalue weighted by Gasteiger charge is 2.32. The first-order valence-corrected chi connectivity index (χ1v) is 8.75. The molecular formula is C19H17F3N2O4. The first-order valence-electron chi connectivity index (χ1n) is 8.75. The summed E-state index contributed by atoms with van der Waals surface area (Å²) in [7, 11) is 0. The number of fused-ring (bicyclic) bond motifs is 1. The lowest BCUT2D eigenvalue weighted by Gasteiger charge is -2.17. The number of hydrogen-bond acceptors (Lipinski definition) is 5. The van der Waals surface area contributed by atoms with Gasteiger partial charge in [0.1, 0.15) is 6.10 Å². The van der Waals surface area contributed by atoms with Crippen molar-refractivity contribution in [3.05, 3.63) is 47.7 Å². The van der Waals surface area contributed by atoms with E-state index in [0.29, 0.717) is 31.0 Å². The molecule has 6 nitrogen and oxygen atoms in total. The molecule has 1 unspecified atom stereocenters. The van der Waals surface area contributed by atoms with E-state index < -0.39 is 17.8 Å². The van der Waals surface area contributed by atoms with Gasteiger partial charge in [0.25, 0.3) is 0 Å². The van der Waals surface area contributed by atoms with Crippen LogP contribution >= 0.6 is 0 Å². The van der Waals surface area contributed by atoms with E-state index in [1.165, 1.54) is 0 Å². The standard InChI is InChI=1S/C19H17F3N2O4/c20-19(21,22)13-3-5-23-17(9-13)28-14-4-6-24(10-14)18(25)8-12-1-2-15-16(7-12)27-11-26-15/h1-3,5,7,9,14H,4,6,8,10-11H2. The number of nitrogens with zero attached hydrogens (tertiary/aromatic N) is 2. The van der Waals surface area contributed by atoms with Crippen molar-refractivity contribution in [3.63, 3.8) is 0 Å². The van der Waals surface area contributed by atoms with Gasteiger partial charge in [-0.25, -0.2) is 4.98 Å². The molecule has 0 radical (unpaired) electrons. The molecule has 0 aliphatic carbocycles.